The normalized spacial score (nSPS) is 13.4. The van der Waals surface area contributed by atoms with Gasteiger partial charge in [-0.15, -0.1) is 0 Å². The van der Waals surface area contributed by atoms with Gasteiger partial charge in [0.1, 0.15) is 11.5 Å². The zero-order valence-corrected chi connectivity index (χ0v) is 22.9. The van der Waals surface area contributed by atoms with Crippen molar-refractivity contribution in [1.82, 2.24) is 9.38 Å². The summed E-state index contributed by atoms with van der Waals surface area (Å²) in [5.41, 5.74) is 5.33. The molecule has 0 spiro atoms. The molecule has 0 unspecified atom stereocenters. The second kappa shape index (κ2) is 11.7. The molecule has 2 aromatic carbocycles. The van der Waals surface area contributed by atoms with Crippen molar-refractivity contribution in [2.24, 2.45) is 0 Å². The summed E-state index contributed by atoms with van der Waals surface area (Å²) in [4.78, 5) is 36.0. The van der Waals surface area contributed by atoms with Gasteiger partial charge in [0.2, 0.25) is 0 Å². The number of ether oxygens (including phenoxy) is 1. The summed E-state index contributed by atoms with van der Waals surface area (Å²) in [5.74, 6) is -0.303. The van der Waals surface area contributed by atoms with E-state index in [0.29, 0.717) is 18.0 Å². The van der Waals surface area contributed by atoms with Crippen molar-refractivity contribution >= 4 is 34.4 Å². The summed E-state index contributed by atoms with van der Waals surface area (Å²) in [6, 6.07) is 29.0. The maximum Gasteiger partial charge on any atom is 0.298 e. The van der Waals surface area contributed by atoms with Gasteiger partial charge in [-0.2, -0.15) is 0 Å². The highest BCUT2D eigenvalue weighted by atomic mass is 16.5. The third-order valence-corrected chi connectivity index (χ3v) is 7.42. The van der Waals surface area contributed by atoms with E-state index in [4.69, 9.17) is 4.74 Å². The van der Waals surface area contributed by atoms with Gasteiger partial charge in [0, 0.05) is 73.7 Å². The van der Waals surface area contributed by atoms with Crippen LogP contribution < -0.4 is 15.1 Å². The molecule has 1 saturated heterocycles. The average molecular weight is 546 g/mol. The van der Waals surface area contributed by atoms with Crippen LogP contribution in [-0.4, -0.2) is 54.4 Å². The van der Waals surface area contributed by atoms with Gasteiger partial charge >= 0.3 is 0 Å². The van der Waals surface area contributed by atoms with Crippen molar-refractivity contribution in [2.45, 2.75) is 6.61 Å². The van der Waals surface area contributed by atoms with E-state index < -0.39 is 11.7 Å². The van der Waals surface area contributed by atoms with E-state index in [-0.39, 0.29) is 0 Å². The van der Waals surface area contributed by atoms with Crippen molar-refractivity contribution in [3.05, 3.63) is 115 Å². The molecule has 8 heteroatoms. The lowest BCUT2D eigenvalue weighted by Crippen LogP contribution is -2.47. The van der Waals surface area contributed by atoms with Crippen LogP contribution in [0.25, 0.3) is 16.6 Å². The van der Waals surface area contributed by atoms with Crippen molar-refractivity contribution in [3.63, 3.8) is 0 Å². The van der Waals surface area contributed by atoms with Gasteiger partial charge in [-0.05, 0) is 54.1 Å². The fourth-order valence-corrected chi connectivity index (χ4v) is 5.45. The summed E-state index contributed by atoms with van der Waals surface area (Å²) in [5, 5.41) is 2.84. The number of Topliss-reactive ketones (excluding diaryl/α,β-unsaturated/α-hetero) is 1. The third kappa shape index (κ3) is 5.42. The molecule has 0 atom stereocenters. The van der Waals surface area contributed by atoms with Gasteiger partial charge in [-0.25, -0.2) is 4.98 Å². The summed E-state index contributed by atoms with van der Waals surface area (Å²) in [7, 11) is 1.65. The number of benzene rings is 2. The SMILES string of the molecule is COCc1cc(NC(=O)C(=O)c2c(-c3ccccc3)cc3ccccn23)ccc1N1CCN(c2ccccn2)CC1. The first-order chi connectivity index (χ1) is 20.1. The van der Waals surface area contributed by atoms with Gasteiger partial charge in [0.15, 0.2) is 0 Å². The topological polar surface area (TPSA) is 79.2 Å². The van der Waals surface area contributed by atoms with Gasteiger partial charge in [-0.1, -0.05) is 42.5 Å². The molecule has 0 saturated carbocycles. The van der Waals surface area contributed by atoms with E-state index in [0.717, 1.165) is 59.9 Å². The lowest BCUT2D eigenvalue weighted by molar-refractivity contribution is -0.112. The maximum atomic E-state index is 13.6. The monoisotopic (exact) mass is 545 g/mol. The molecule has 8 nitrogen and oxygen atoms in total. The highest BCUT2D eigenvalue weighted by molar-refractivity contribution is 6.47. The Kier molecular flexibility index (Phi) is 7.47. The minimum Gasteiger partial charge on any atom is -0.380 e. The Bertz CT molecular complexity index is 1680. The number of pyridine rings is 2. The van der Waals surface area contributed by atoms with Crippen LogP contribution >= 0.6 is 0 Å². The van der Waals surface area contributed by atoms with Crippen LogP contribution in [0.5, 0.6) is 0 Å². The molecule has 0 bridgehead atoms. The number of methoxy groups -OCH3 is 1. The molecule has 1 aliphatic rings. The molecule has 4 heterocycles. The molecule has 6 rings (SSSR count). The smallest absolute Gasteiger partial charge is 0.298 e. The minimum atomic E-state index is -0.689. The summed E-state index contributed by atoms with van der Waals surface area (Å²) in [6.45, 7) is 3.76. The number of carbonyl (C=O) groups is 2. The quantitative estimate of drug-likeness (QED) is 0.211. The lowest BCUT2D eigenvalue weighted by Gasteiger charge is -2.37. The number of nitrogens with zero attached hydrogens (tertiary/aromatic N) is 4. The second-order valence-corrected chi connectivity index (χ2v) is 9.99. The van der Waals surface area contributed by atoms with Crippen LogP contribution in [0, 0.1) is 0 Å². The lowest BCUT2D eigenvalue weighted by atomic mass is 10.0. The zero-order chi connectivity index (χ0) is 28.2. The summed E-state index contributed by atoms with van der Waals surface area (Å²) >= 11 is 0. The summed E-state index contributed by atoms with van der Waals surface area (Å²) < 4.78 is 7.27. The Morgan fingerprint density at radius 1 is 0.854 bits per heavy atom. The fraction of sp³-hybridized carbons (Fsp3) is 0.182. The summed E-state index contributed by atoms with van der Waals surface area (Å²) in [6.07, 6.45) is 3.62. The first-order valence-corrected chi connectivity index (χ1v) is 13.7. The van der Waals surface area contributed by atoms with Crippen LogP contribution in [0.2, 0.25) is 0 Å². The Morgan fingerprint density at radius 3 is 2.37 bits per heavy atom. The van der Waals surface area contributed by atoms with Crippen molar-refractivity contribution < 1.29 is 14.3 Å². The Balaban J connectivity index is 1.22. The first-order valence-electron chi connectivity index (χ1n) is 13.7. The van der Waals surface area contributed by atoms with Gasteiger partial charge < -0.3 is 24.3 Å². The number of nitrogens with one attached hydrogen (secondary N) is 1. The minimum absolute atomic E-state index is 0.337. The number of ketones is 1. The highest BCUT2D eigenvalue weighted by Gasteiger charge is 2.26. The number of aromatic nitrogens is 2. The second-order valence-electron chi connectivity index (χ2n) is 9.99. The van der Waals surface area contributed by atoms with E-state index in [1.165, 1.54) is 0 Å². The molecule has 1 amide bonds. The van der Waals surface area contributed by atoms with Crippen molar-refractivity contribution in [2.75, 3.05) is 48.4 Å². The number of piperazine rings is 1. The Morgan fingerprint density at radius 2 is 1.61 bits per heavy atom. The molecule has 41 heavy (non-hydrogen) atoms. The molecule has 206 valence electrons. The van der Waals surface area contributed by atoms with Crippen LogP contribution in [0.15, 0.2) is 103 Å². The van der Waals surface area contributed by atoms with Crippen LogP contribution in [0.1, 0.15) is 16.1 Å². The van der Waals surface area contributed by atoms with Gasteiger partial charge in [0.25, 0.3) is 11.7 Å². The molecule has 5 aromatic rings. The molecular formula is C33H31N5O3. The number of fused-ring (bicyclic) bond motifs is 1. The largest absolute Gasteiger partial charge is 0.380 e. The molecule has 1 N–H and O–H groups in total. The number of hydrogen-bond acceptors (Lipinski definition) is 6. The number of carbonyl (C=O) groups excluding carboxylic acids is 2. The Hall–Kier alpha value is -4.95. The van der Waals surface area contributed by atoms with Crippen LogP contribution in [0.4, 0.5) is 17.2 Å². The molecule has 3 aromatic heterocycles. The van der Waals surface area contributed by atoms with E-state index in [2.05, 4.69) is 20.1 Å². The predicted octanol–water partition coefficient (Wildman–Crippen LogP) is 5.30. The van der Waals surface area contributed by atoms with E-state index >= 15 is 0 Å². The fourth-order valence-electron chi connectivity index (χ4n) is 5.45. The molecule has 1 aliphatic heterocycles. The number of anilines is 3. The van der Waals surface area contributed by atoms with Gasteiger partial charge in [0.05, 0.1) is 6.61 Å². The van der Waals surface area contributed by atoms with Crippen molar-refractivity contribution in [1.29, 1.82) is 0 Å². The third-order valence-electron chi connectivity index (χ3n) is 7.42. The number of rotatable bonds is 8. The molecule has 1 fully saturated rings. The number of amides is 1. The number of hydrogen-bond donors (Lipinski definition) is 1. The van der Waals surface area contributed by atoms with E-state index in [1.807, 2.05) is 97.2 Å². The zero-order valence-electron chi connectivity index (χ0n) is 22.9. The maximum absolute atomic E-state index is 13.6. The average Bonchev–Trinajstić information content (AvgIpc) is 3.42. The van der Waals surface area contributed by atoms with E-state index in [1.54, 1.807) is 17.7 Å². The highest BCUT2D eigenvalue weighted by Crippen LogP contribution is 2.30. The first kappa shape index (κ1) is 26.3. The van der Waals surface area contributed by atoms with Gasteiger partial charge in [-0.3, -0.25) is 9.59 Å². The molecule has 0 aliphatic carbocycles. The predicted molar refractivity (Wildman–Crippen MR) is 162 cm³/mol. The molecule has 0 radical (unpaired) electrons. The standard InChI is InChI=1S/C33H31N5O3/c1-41-23-25-21-26(13-14-29(25)36-17-19-37(20-18-36)30-12-5-7-15-34-30)35-33(40)32(39)31-28(24-9-3-2-4-10-24)22-27-11-6-8-16-38(27)31/h2-16,21-22H,17-20,23H2,1H3,(H,35,40). The molecular weight excluding hydrogens is 514 g/mol. The van der Waals surface area contributed by atoms with E-state index in [9.17, 15) is 9.59 Å². The Labute approximate surface area is 238 Å². The van der Waals surface area contributed by atoms with Crippen LogP contribution in [0.3, 0.4) is 0 Å². The van der Waals surface area contributed by atoms with Crippen LogP contribution in [-0.2, 0) is 16.1 Å². The van der Waals surface area contributed by atoms with Crippen molar-refractivity contribution in [3.8, 4) is 11.1 Å².